The van der Waals surface area contributed by atoms with Crippen LogP contribution < -0.4 is 5.32 Å². The lowest BCUT2D eigenvalue weighted by molar-refractivity contribution is 0.167. The van der Waals surface area contributed by atoms with Crippen molar-refractivity contribution < 1.29 is 0 Å². The van der Waals surface area contributed by atoms with E-state index in [1.807, 2.05) is 4.68 Å². The molecule has 1 saturated heterocycles. The molecule has 0 amide bonds. The van der Waals surface area contributed by atoms with Gasteiger partial charge in [-0.3, -0.25) is 0 Å². The van der Waals surface area contributed by atoms with Crippen molar-refractivity contribution in [2.45, 2.75) is 58.3 Å². The fraction of sp³-hybridized carbons (Fsp3) is 0.846. The molecule has 2 rings (SSSR count). The third-order valence-electron chi connectivity index (χ3n) is 3.89. The van der Waals surface area contributed by atoms with Crippen LogP contribution in [0.4, 0.5) is 0 Å². The highest BCUT2D eigenvalue weighted by Crippen LogP contribution is 2.15. The van der Waals surface area contributed by atoms with Crippen molar-refractivity contribution in [2.24, 2.45) is 0 Å². The molecule has 2 heterocycles. The van der Waals surface area contributed by atoms with E-state index in [1.165, 1.54) is 19.4 Å². The molecule has 0 spiro atoms. The van der Waals surface area contributed by atoms with Gasteiger partial charge in [0, 0.05) is 18.6 Å². The van der Waals surface area contributed by atoms with Gasteiger partial charge in [0.05, 0.1) is 6.54 Å². The monoisotopic (exact) mass is 251 g/mol. The summed E-state index contributed by atoms with van der Waals surface area (Å²) in [6.07, 6.45) is 5.20. The van der Waals surface area contributed by atoms with Gasteiger partial charge in [-0.1, -0.05) is 6.92 Å². The first-order valence-electron chi connectivity index (χ1n) is 7.01. The fourth-order valence-corrected chi connectivity index (χ4v) is 2.53. The molecule has 1 aliphatic rings. The van der Waals surface area contributed by atoms with E-state index in [1.54, 1.807) is 6.33 Å². The lowest BCUT2D eigenvalue weighted by atomic mass is 9.99. The minimum Gasteiger partial charge on any atom is -0.307 e. The van der Waals surface area contributed by atoms with Gasteiger partial charge in [0.1, 0.15) is 12.2 Å². The zero-order valence-corrected chi connectivity index (χ0v) is 11.8. The van der Waals surface area contributed by atoms with Gasteiger partial charge in [-0.15, -0.1) is 0 Å². The minimum absolute atomic E-state index is 0.614. The average molecular weight is 251 g/mol. The maximum Gasteiger partial charge on any atom is 0.140 e. The van der Waals surface area contributed by atoms with Crippen LogP contribution in [0.3, 0.4) is 0 Å². The van der Waals surface area contributed by atoms with Crippen molar-refractivity contribution in [1.29, 1.82) is 0 Å². The summed E-state index contributed by atoms with van der Waals surface area (Å²) in [6.45, 7) is 7.44. The average Bonchev–Trinajstić information content (AvgIpc) is 2.79. The Labute approximate surface area is 110 Å². The van der Waals surface area contributed by atoms with Crippen LogP contribution in [0.1, 0.15) is 38.9 Å². The molecule has 18 heavy (non-hydrogen) atoms. The minimum atomic E-state index is 0.614. The number of nitrogens with one attached hydrogen (secondary N) is 1. The molecule has 1 aromatic rings. The highest BCUT2D eigenvalue weighted by molar-refractivity contribution is 4.87. The number of nitrogens with zero attached hydrogens (tertiary/aromatic N) is 4. The molecule has 0 bridgehead atoms. The number of piperidine rings is 1. The molecule has 0 aromatic carbocycles. The molecule has 1 aromatic heterocycles. The van der Waals surface area contributed by atoms with Crippen LogP contribution in [-0.2, 0) is 13.1 Å². The van der Waals surface area contributed by atoms with Crippen LogP contribution in [0.2, 0.25) is 0 Å². The van der Waals surface area contributed by atoms with Crippen LogP contribution in [-0.4, -0.2) is 45.3 Å². The van der Waals surface area contributed by atoms with Gasteiger partial charge in [-0.05, 0) is 39.8 Å². The maximum absolute atomic E-state index is 4.33. The van der Waals surface area contributed by atoms with Gasteiger partial charge in [-0.25, -0.2) is 9.67 Å². The van der Waals surface area contributed by atoms with E-state index in [2.05, 4.69) is 41.2 Å². The fourth-order valence-electron chi connectivity index (χ4n) is 2.53. The Balaban J connectivity index is 1.82. The summed E-state index contributed by atoms with van der Waals surface area (Å²) in [5, 5.41) is 7.88. The normalized spacial score (nSPS) is 25.5. The second-order valence-electron chi connectivity index (χ2n) is 5.33. The SMILES string of the molecule is CCCn1ncnc1CNC1CCN(C)C(C)C1. The van der Waals surface area contributed by atoms with Gasteiger partial charge in [0.2, 0.25) is 0 Å². The van der Waals surface area contributed by atoms with E-state index in [9.17, 15) is 0 Å². The number of hydrogen-bond donors (Lipinski definition) is 1. The summed E-state index contributed by atoms with van der Waals surface area (Å²) in [6, 6.07) is 1.28. The summed E-state index contributed by atoms with van der Waals surface area (Å²) in [5.41, 5.74) is 0. The predicted octanol–water partition coefficient (Wildman–Crippen LogP) is 1.26. The van der Waals surface area contributed by atoms with E-state index in [-0.39, 0.29) is 0 Å². The summed E-state index contributed by atoms with van der Waals surface area (Å²) in [5.74, 6) is 1.06. The summed E-state index contributed by atoms with van der Waals surface area (Å²) >= 11 is 0. The Morgan fingerprint density at radius 2 is 2.33 bits per heavy atom. The van der Waals surface area contributed by atoms with Gasteiger partial charge in [-0.2, -0.15) is 5.10 Å². The van der Waals surface area contributed by atoms with Crippen molar-refractivity contribution in [1.82, 2.24) is 25.0 Å². The Morgan fingerprint density at radius 1 is 1.50 bits per heavy atom. The number of likely N-dealkylation sites (tertiary alicyclic amines) is 1. The van der Waals surface area contributed by atoms with Crippen molar-refractivity contribution in [2.75, 3.05) is 13.6 Å². The molecule has 0 radical (unpaired) electrons. The van der Waals surface area contributed by atoms with E-state index in [0.29, 0.717) is 12.1 Å². The second-order valence-corrected chi connectivity index (χ2v) is 5.33. The summed E-state index contributed by atoms with van der Waals surface area (Å²) in [7, 11) is 2.21. The van der Waals surface area contributed by atoms with E-state index in [0.717, 1.165) is 25.3 Å². The number of hydrogen-bond acceptors (Lipinski definition) is 4. The Bertz CT molecular complexity index is 362. The Morgan fingerprint density at radius 3 is 3.06 bits per heavy atom. The lowest BCUT2D eigenvalue weighted by Gasteiger charge is -2.35. The number of aryl methyl sites for hydroxylation is 1. The third-order valence-corrected chi connectivity index (χ3v) is 3.89. The van der Waals surface area contributed by atoms with Crippen LogP contribution in [0.25, 0.3) is 0 Å². The van der Waals surface area contributed by atoms with Gasteiger partial charge in [0.25, 0.3) is 0 Å². The smallest absolute Gasteiger partial charge is 0.140 e. The first kappa shape index (κ1) is 13.5. The summed E-state index contributed by atoms with van der Waals surface area (Å²) in [4.78, 5) is 6.76. The standard InChI is InChI=1S/C13H25N5/c1-4-6-18-13(15-10-16-18)9-14-12-5-7-17(3)11(2)8-12/h10-12,14H,4-9H2,1-3H3. The molecule has 5 heteroatoms. The van der Waals surface area contributed by atoms with Crippen molar-refractivity contribution in [3.05, 3.63) is 12.2 Å². The maximum atomic E-state index is 4.33. The van der Waals surface area contributed by atoms with Crippen molar-refractivity contribution >= 4 is 0 Å². The molecule has 0 aliphatic carbocycles. The van der Waals surface area contributed by atoms with E-state index < -0.39 is 0 Å². The molecule has 0 saturated carbocycles. The van der Waals surface area contributed by atoms with Crippen LogP contribution in [0.15, 0.2) is 6.33 Å². The molecular formula is C13H25N5. The highest BCUT2D eigenvalue weighted by atomic mass is 15.3. The molecular weight excluding hydrogens is 226 g/mol. The van der Waals surface area contributed by atoms with Crippen molar-refractivity contribution in [3.63, 3.8) is 0 Å². The van der Waals surface area contributed by atoms with Crippen LogP contribution in [0.5, 0.6) is 0 Å². The van der Waals surface area contributed by atoms with Gasteiger partial charge < -0.3 is 10.2 Å². The quantitative estimate of drug-likeness (QED) is 0.856. The van der Waals surface area contributed by atoms with E-state index in [4.69, 9.17) is 0 Å². The third kappa shape index (κ3) is 3.29. The predicted molar refractivity (Wildman–Crippen MR) is 72.3 cm³/mol. The molecule has 1 fully saturated rings. The van der Waals surface area contributed by atoms with Crippen molar-refractivity contribution in [3.8, 4) is 0 Å². The molecule has 1 aliphatic heterocycles. The molecule has 5 nitrogen and oxygen atoms in total. The molecule has 2 unspecified atom stereocenters. The lowest BCUT2D eigenvalue weighted by Crippen LogP contribution is -2.45. The second kappa shape index (κ2) is 6.29. The van der Waals surface area contributed by atoms with Crippen LogP contribution in [0, 0.1) is 0 Å². The summed E-state index contributed by atoms with van der Waals surface area (Å²) < 4.78 is 2.01. The molecule has 102 valence electrons. The Kier molecular flexibility index (Phi) is 4.72. The van der Waals surface area contributed by atoms with E-state index >= 15 is 0 Å². The first-order valence-corrected chi connectivity index (χ1v) is 7.01. The zero-order chi connectivity index (χ0) is 13.0. The topological polar surface area (TPSA) is 46.0 Å². The number of rotatable bonds is 5. The Hall–Kier alpha value is -0.940. The number of aromatic nitrogens is 3. The molecule has 2 atom stereocenters. The largest absolute Gasteiger partial charge is 0.307 e. The first-order chi connectivity index (χ1) is 8.70. The van der Waals surface area contributed by atoms with Gasteiger partial charge in [0.15, 0.2) is 0 Å². The zero-order valence-electron chi connectivity index (χ0n) is 11.8. The van der Waals surface area contributed by atoms with Gasteiger partial charge >= 0.3 is 0 Å². The molecule has 1 N–H and O–H groups in total. The highest BCUT2D eigenvalue weighted by Gasteiger charge is 2.22. The van der Waals surface area contributed by atoms with Crippen LogP contribution >= 0.6 is 0 Å².